The molecule has 0 aliphatic rings. The largest absolute Gasteiger partial charge is 0.356 e. The van der Waals surface area contributed by atoms with E-state index in [-0.39, 0.29) is 11.8 Å². The van der Waals surface area contributed by atoms with Gasteiger partial charge in [-0.2, -0.15) is 0 Å². The first-order chi connectivity index (χ1) is 10.5. The lowest BCUT2D eigenvalue weighted by molar-refractivity contribution is -0.121. The van der Waals surface area contributed by atoms with Gasteiger partial charge >= 0.3 is 0 Å². The average molecular weight is 313 g/mol. The Balaban J connectivity index is 3.78. The molecule has 5 nitrogen and oxygen atoms in total. The van der Waals surface area contributed by atoms with Gasteiger partial charge in [0.25, 0.3) is 0 Å². The molecule has 0 radical (unpaired) electrons. The highest BCUT2D eigenvalue weighted by Crippen LogP contribution is 2.01. The number of carbonyl (C=O) groups excluding carboxylic acids is 2. The van der Waals surface area contributed by atoms with E-state index in [0.717, 1.165) is 51.9 Å². The monoisotopic (exact) mass is 313 g/mol. The van der Waals surface area contributed by atoms with Gasteiger partial charge in [0.2, 0.25) is 11.8 Å². The molecule has 0 spiro atoms. The molecule has 0 aromatic rings. The smallest absolute Gasteiger partial charge is 0.219 e. The summed E-state index contributed by atoms with van der Waals surface area (Å²) in [5.74, 6) is 0.300. The van der Waals surface area contributed by atoms with E-state index in [1.807, 2.05) is 13.8 Å². The zero-order chi connectivity index (χ0) is 16.8. The molecule has 0 aliphatic heterocycles. The first-order valence-corrected chi connectivity index (χ1v) is 8.78. The summed E-state index contributed by atoms with van der Waals surface area (Å²) in [4.78, 5) is 25.2. The molecule has 2 N–H and O–H groups in total. The van der Waals surface area contributed by atoms with Gasteiger partial charge in [-0.3, -0.25) is 9.59 Å². The van der Waals surface area contributed by atoms with Crippen molar-refractivity contribution in [2.75, 3.05) is 26.2 Å². The van der Waals surface area contributed by atoms with E-state index >= 15 is 0 Å². The van der Waals surface area contributed by atoms with Crippen LogP contribution >= 0.6 is 0 Å². The van der Waals surface area contributed by atoms with Crippen LogP contribution in [0.2, 0.25) is 0 Å². The topological polar surface area (TPSA) is 61.4 Å². The summed E-state index contributed by atoms with van der Waals surface area (Å²) in [5.41, 5.74) is 0. The summed E-state index contributed by atoms with van der Waals surface area (Å²) >= 11 is 0. The van der Waals surface area contributed by atoms with E-state index in [1.165, 1.54) is 0 Å². The maximum atomic E-state index is 11.4. The van der Waals surface area contributed by atoms with Crippen molar-refractivity contribution in [1.29, 1.82) is 0 Å². The van der Waals surface area contributed by atoms with Gasteiger partial charge in [0.15, 0.2) is 0 Å². The number of carbonyl (C=O) groups is 2. The normalized spacial score (nSPS) is 11.0. The Kier molecular flexibility index (Phi) is 12.9. The standard InChI is InChI=1S/C17H35N3O2/c1-5-9-16(21)18-11-7-13-20(15(3)4)14-8-12-19-17(22)10-6-2/h15H,5-14H2,1-4H3,(H,18,21)(H,19,22). The van der Waals surface area contributed by atoms with Crippen molar-refractivity contribution in [3.8, 4) is 0 Å². The highest BCUT2D eigenvalue weighted by molar-refractivity contribution is 5.76. The molecule has 0 atom stereocenters. The molecule has 130 valence electrons. The second-order valence-corrected chi connectivity index (χ2v) is 6.04. The van der Waals surface area contributed by atoms with E-state index in [9.17, 15) is 9.59 Å². The fourth-order valence-electron chi connectivity index (χ4n) is 2.28. The fourth-order valence-corrected chi connectivity index (χ4v) is 2.28. The second-order valence-electron chi connectivity index (χ2n) is 6.04. The molecule has 0 aliphatic carbocycles. The van der Waals surface area contributed by atoms with Gasteiger partial charge in [-0.05, 0) is 39.5 Å². The molecule has 0 heterocycles. The van der Waals surface area contributed by atoms with Crippen LogP contribution in [-0.4, -0.2) is 48.9 Å². The zero-order valence-electron chi connectivity index (χ0n) is 14.9. The van der Waals surface area contributed by atoms with E-state index < -0.39 is 0 Å². The van der Waals surface area contributed by atoms with Gasteiger partial charge in [-0.15, -0.1) is 0 Å². The molecule has 0 saturated heterocycles. The van der Waals surface area contributed by atoms with E-state index in [0.29, 0.717) is 18.9 Å². The summed E-state index contributed by atoms with van der Waals surface area (Å²) in [7, 11) is 0. The molecular formula is C17H35N3O2. The molecule has 0 rings (SSSR count). The molecular weight excluding hydrogens is 278 g/mol. The number of hydrogen-bond acceptors (Lipinski definition) is 3. The van der Waals surface area contributed by atoms with Gasteiger partial charge in [-0.25, -0.2) is 0 Å². The third kappa shape index (κ3) is 11.5. The van der Waals surface area contributed by atoms with Gasteiger partial charge in [-0.1, -0.05) is 13.8 Å². The molecule has 0 fully saturated rings. The number of hydrogen-bond donors (Lipinski definition) is 2. The minimum Gasteiger partial charge on any atom is -0.356 e. The highest BCUT2D eigenvalue weighted by Gasteiger charge is 2.09. The third-order valence-electron chi connectivity index (χ3n) is 3.57. The molecule has 0 aromatic heterocycles. The van der Waals surface area contributed by atoms with E-state index in [4.69, 9.17) is 0 Å². The van der Waals surface area contributed by atoms with Crippen LogP contribution in [0.15, 0.2) is 0 Å². The Bertz CT molecular complexity index is 280. The van der Waals surface area contributed by atoms with Crippen molar-refractivity contribution < 1.29 is 9.59 Å². The Hall–Kier alpha value is -1.10. The number of nitrogens with zero attached hydrogens (tertiary/aromatic N) is 1. The first kappa shape index (κ1) is 20.9. The number of rotatable bonds is 13. The van der Waals surface area contributed by atoms with Crippen LogP contribution in [0.5, 0.6) is 0 Å². The Morgan fingerprint density at radius 3 is 1.59 bits per heavy atom. The van der Waals surface area contributed by atoms with Crippen LogP contribution < -0.4 is 10.6 Å². The zero-order valence-corrected chi connectivity index (χ0v) is 14.9. The molecule has 5 heteroatoms. The lowest BCUT2D eigenvalue weighted by Crippen LogP contribution is -2.36. The quantitative estimate of drug-likeness (QED) is 0.513. The van der Waals surface area contributed by atoms with Crippen LogP contribution in [-0.2, 0) is 9.59 Å². The summed E-state index contributed by atoms with van der Waals surface area (Å²) < 4.78 is 0. The predicted molar refractivity (Wildman–Crippen MR) is 91.8 cm³/mol. The molecule has 22 heavy (non-hydrogen) atoms. The average Bonchev–Trinajstić information content (AvgIpc) is 2.45. The summed E-state index contributed by atoms with van der Waals surface area (Å²) in [6.07, 6.45) is 4.96. The summed E-state index contributed by atoms with van der Waals surface area (Å²) in [6, 6.07) is 0.484. The SMILES string of the molecule is CCCC(=O)NCCCN(CCCNC(=O)CCC)C(C)C. The second kappa shape index (κ2) is 13.6. The third-order valence-corrected chi connectivity index (χ3v) is 3.57. The van der Waals surface area contributed by atoms with E-state index in [2.05, 4.69) is 29.4 Å². The molecule has 0 unspecified atom stereocenters. The number of nitrogens with one attached hydrogen (secondary N) is 2. The van der Waals surface area contributed by atoms with Crippen LogP contribution in [0.25, 0.3) is 0 Å². The van der Waals surface area contributed by atoms with Crippen molar-refractivity contribution in [2.24, 2.45) is 0 Å². The van der Waals surface area contributed by atoms with Crippen LogP contribution in [0.1, 0.15) is 66.2 Å². The highest BCUT2D eigenvalue weighted by atomic mass is 16.2. The fraction of sp³-hybridized carbons (Fsp3) is 0.882. The molecule has 0 aromatic carbocycles. The van der Waals surface area contributed by atoms with Crippen molar-refractivity contribution in [1.82, 2.24) is 15.5 Å². The van der Waals surface area contributed by atoms with E-state index in [1.54, 1.807) is 0 Å². The van der Waals surface area contributed by atoms with Crippen LogP contribution in [0.4, 0.5) is 0 Å². The summed E-state index contributed by atoms with van der Waals surface area (Å²) in [6.45, 7) is 11.8. The van der Waals surface area contributed by atoms with Crippen molar-refractivity contribution >= 4 is 11.8 Å². The van der Waals surface area contributed by atoms with Gasteiger partial charge in [0.05, 0.1) is 0 Å². The predicted octanol–water partition coefficient (Wildman–Crippen LogP) is 2.31. The van der Waals surface area contributed by atoms with Gasteiger partial charge in [0, 0.05) is 45.1 Å². The number of amides is 2. The lowest BCUT2D eigenvalue weighted by atomic mass is 10.2. The lowest BCUT2D eigenvalue weighted by Gasteiger charge is -2.26. The van der Waals surface area contributed by atoms with Crippen molar-refractivity contribution in [3.63, 3.8) is 0 Å². The maximum absolute atomic E-state index is 11.4. The molecule has 2 amide bonds. The Morgan fingerprint density at radius 2 is 1.27 bits per heavy atom. The first-order valence-electron chi connectivity index (χ1n) is 8.78. The van der Waals surface area contributed by atoms with Crippen LogP contribution in [0, 0.1) is 0 Å². The maximum Gasteiger partial charge on any atom is 0.219 e. The minimum atomic E-state index is 0.150. The molecule has 0 saturated carbocycles. The van der Waals surface area contributed by atoms with Crippen molar-refractivity contribution in [2.45, 2.75) is 72.3 Å². The summed E-state index contributed by atoms with van der Waals surface area (Å²) in [5, 5.41) is 5.90. The van der Waals surface area contributed by atoms with Gasteiger partial charge < -0.3 is 15.5 Å². The Labute approximate surface area is 136 Å². The molecule has 0 bridgehead atoms. The van der Waals surface area contributed by atoms with Gasteiger partial charge in [0.1, 0.15) is 0 Å². The minimum absolute atomic E-state index is 0.150. The van der Waals surface area contributed by atoms with Crippen LogP contribution in [0.3, 0.4) is 0 Å². The Morgan fingerprint density at radius 1 is 0.864 bits per heavy atom. The van der Waals surface area contributed by atoms with Crippen molar-refractivity contribution in [3.05, 3.63) is 0 Å².